The summed E-state index contributed by atoms with van der Waals surface area (Å²) in [5, 5.41) is 9.31. The molecule has 0 saturated carbocycles. The van der Waals surface area contributed by atoms with E-state index in [4.69, 9.17) is 0 Å². The van der Waals surface area contributed by atoms with Gasteiger partial charge in [-0.25, -0.2) is 0 Å². The number of likely N-dealkylation sites (N-methyl/N-ethyl adjacent to an activating group) is 1. The van der Waals surface area contributed by atoms with Crippen molar-refractivity contribution in [3.8, 4) is 17.2 Å². The number of aromatic nitrogens is 1. The molecule has 1 aliphatic rings. The minimum atomic E-state index is -0.326. The molecular formula is C18H20N4O. The van der Waals surface area contributed by atoms with Crippen LogP contribution in [0, 0.1) is 18.3 Å². The summed E-state index contributed by atoms with van der Waals surface area (Å²) in [7, 11) is 2.13. The van der Waals surface area contributed by atoms with Gasteiger partial charge in [0.2, 0.25) is 0 Å². The molecule has 1 aliphatic heterocycles. The van der Waals surface area contributed by atoms with Crippen LogP contribution in [0.1, 0.15) is 11.3 Å². The summed E-state index contributed by atoms with van der Waals surface area (Å²) < 4.78 is 0. The number of pyridine rings is 1. The molecule has 0 aliphatic carbocycles. The van der Waals surface area contributed by atoms with Gasteiger partial charge in [0, 0.05) is 43.1 Å². The molecule has 0 atom stereocenters. The van der Waals surface area contributed by atoms with E-state index in [9.17, 15) is 10.1 Å². The van der Waals surface area contributed by atoms with Gasteiger partial charge in [-0.2, -0.15) is 5.26 Å². The SMILES string of the molecule is Cc1cc(-c2cccc(N3CCN(C)CC3)c2)c(C#N)c(=O)[nH]1. The Morgan fingerprint density at radius 2 is 1.91 bits per heavy atom. The molecule has 1 N–H and O–H groups in total. The highest BCUT2D eigenvalue weighted by molar-refractivity contribution is 5.73. The van der Waals surface area contributed by atoms with Gasteiger partial charge in [-0.15, -0.1) is 0 Å². The fourth-order valence-corrected chi connectivity index (χ4v) is 2.96. The first-order valence-electron chi connectivity index (χ1n) is 7.76. The van der Waals surface area contributed by atoms with Crippen LogP contribution in [-0.4, -0.2) is 43.1 Å². The summed E-state index contributed by atoms with van der Waals surface area (Å²) >= 11 is 0. The van der Waals surface area contributed by atoms with E-state index in [0.29, 0.717) is 5.56 Å². The number of anilines is 1. The highest BCUT2D eigenvalue weighted by Gasteiger charge is 2.16. The minimum absolute atomic E-state index is 0.172. The van der Waals surface area contributed by atoms with Crippen LogP contribution in [0.15, 0.2) is 35.1 Å². The summed E-state index contributed by atoms with van der Waals surface area (Å²) in [4.78, 5) is 19.3. The maximum atomic E-state index is 12.0. The van der Waals surface area contributed by atoms with Gasteiger partial charge in [-0.3, -0.25) is 4.79 Å². The number of aromatic amines is 1. The number of nitrogens with one attached hydrogen (secondary N) is 1. The highest BCUT2D eigenvalue weighted by atomic mass is 16.1. The predicted octanol–water partition coefficient (Wildman–Crippen LogP) is 1.97. The Morgan fingerprint density at radius 1 is 1.17 bits per heavy atom. The molecule has 1 fully saturated rings. The summed E-state index contributed by atoms with van der Waals surface area (Å²) in [6.07, 6.45) is 0. The molecule has 23 heavy (non-hydrogen) atoms. The molecule has 5 heteroatoms. The van der Waals surface area contributed by atoms with Crippen molar-refractivity contribution in [2.45, 2.75) is 6.92 Å². The van der Waals surface area contributed by atoms with Crippen LogP contribution in [0.25, 0.3) is 11.1 Å². The Balaban J connectivity index is 2.01. The Hall–Kier alpha value is -2.58. The van der Waals surface area contributed by atoms with Crippen LogP contribution in [0.4, 0.5) is 5.69 Å². The van der Waals surface area contributed by atoms with Crippen LogP contribution in [0.5, 0.6) is 0 Å². The topological polar surface area (TPSA) is 63.1 Å². The quantitative estimate of drug-likeness (QED) is 0.921. The van der Waals surface area contributed by atoms with E-state index < -0.39 is 0 Å². The summed E-state index contributed by atoms with van der Waals surface area (Å²) in [6, 6.07) is 12.0. The normalized spacial score (nSPS) is 15.4. The second kappa shape index (κ2) is 6.27. The molecule has 0 spiro atoms. The van der Waals surface area contributed by atoms with E-state index in [0.717, 1.165) is 43.1 Å². The second-order valence-corrected chi connectivity index (χ2v) is 6.02. The molecule has 3 rings (SSSR count). The van der Waals surface area contributed by atoms with Gasteiger partial charge in [0.15, 0.2) is 0 Å². The van der Waals surface area contributed by atoms with Gasteiger partial charge >= 0.3 is 0 Å². The molecule has 2 aromatic rings. The number of nitrogens with zero attached hydrogens (tertiary/aromatic N) is 3. The van der Waals surface area contributed by atoms with Crippen molar-refractivity contribution in [1.29, 1.82) is 5.26 Å². The second-order valence-electron chi connectivity index (χ2n) is 6.02. The zero-order chi connectivity index (χ0) is 16.4. The summed E-state index contributed by atoms with van der Waals surface area (Å²) in [6.45, 7) is 5.88. The molecule has 1 saturated heterocycles. The van der Waals surface area contributed by atoms with Crippen molar-refractivity contribution in [1.82, 2.24) is 9.88 Å². The molecule has 0 unspecified atom stereocenters. The Kier molecular flexibility index (Phi) is 4.18. The number of aryl methyl sites for hydroxylation is 1. The lowest BCUT2D eigenvalue weighted by Crippen LogP contribution is -2.44. The van der Waals surface area contributed by atoms with Crippen molar-refractivity contribution in [2.75, 3.05) is 38.1 Å². The number of nitriles is 1. The van der Waals surface area contributed by atoms with Crippen LogP contribution in [0.2, 0.25) is 0 Å². The van der Waals surface area contributed by atoms with Gasteiger partial charge in [0.05, 0.1) is 0 Å². The van der Waals surface area contributed by atoms with Crippen molar-refractivity contribution in [2.24, 2.45) is 0 Å². The Labute approximate surface area is 135 Å². The number of benzene rings is 1. The average molecular weight is 308 g/mol. The van der Waals surface area contributed by atoms with E-state index >= 15 is 0 Å². The molecule has 0 amide bonds. The first-order chi connectivity index (χ1) is 11.1. The summed E-state index contributed by atoms with van der Waals surface area (Å²) in [5.74, 6) is 0. The molecule has 5 nitrogen and oxygen atoms in total. The van der Waals surface area contributed by atoms with Crippen LogP contribution < -0.4 is 10.5 Å². The van der Waals surface area contributed by atoms with Gasteiger partial charge in [-0.05, 0) is 37.7 Å². The fraction of sp³-hybridized carbons (Fsp3) is 0.333. The monoisotopic (exact) mass is 308 g/mol. The molecular weight excluding hydrogens is 288 g/mol. The molecule has 1 aromatic heterocycles. The van der Waals surface area contributed by atoms with Gasteiger partial charge in [0.25, 0.3) is 5.56 Å². The number of hydrogen-bond acceptors (Lipinski definition) is 4. The minimum Gasteiger partial charge on any atom is -0.369 e. The number of piperazine rings is 1. The maximum absolute atomic E-state index is 12.0. The van der Waals surface area contributed by atoms with Crippen LogP contribution >= 0.6 is 0 Å². The van der Waals surface area contributed by atoms with Gasteiger partial charge < -0.3 is 14.8 Å². The maximum Gasteiger partial charge on any atom is 0.266 e. The van der Waals surface area contributed by atoms with Crippen molar-refractivity contribution >= 4 is 5.69 Å². The van der Waals surface area contributed by atoms with E-state index in [2.05, 4.69) is 34.0 Å². The lowest BCUT2D eigenvalue weighted by Gasteiger charge is -2.34. The smallest absolute Gasteiger partial charge is 0.266 e. The standard InChI is InChI=1S/C18H20N4O/c1-13-10-16(17(12-19)18(23)20-13)14-4-3-5-15(11-14)22-8-6-21(2)7-9-22/h3-5,10-11H,6-9H2,1-2H3,(H,20,23). The first kappa shape index (κ1) is 15.3. The van der Waals surface area contributed by atoms with Gasteiger partial charge in [-0.1, -0.05) is 12.1 Å². The van der Waals surface area contributed by atoms with Crippen molar-refractivity contribution < 1.29 is 0 Å². The molecule has 0 bridgehead atoms. The van der Waals surface area contributed by atoms with Crippen LogP contribution in [0.3, 0.4) is 0 Å². The third kappa shape index (κ3) is 3.13. The lowest BCUT2D eigenvalue weighted by atomic mass is 10.0. The Morgan fingerprint density at radius 3 is 2.61 bits per heavy atom. The van der Waals surface area contributed by atoms with Crippen molar-refractivity contribution in [3.63, 3.8) is 0 Å². The highest BCUT2D eigenvalue weighted by Crippen LogP contribution is 2.27. The lowest BCUT2D eigenvalue weighted by molar-refractivity contribution is 0.313. The van der Waals surface area contributed by atoms with Crippen molar-refractivity contribution in [3.05, 3.63) is 51.9 Å². The van der Waals surface area contributed by atoms with E-state index in [1.165, 1.54) is 0 Å². The van der Waals surface area contributed by atoms with E-state index in [1.807, 2.05) is 31.2 Å². The van der Waals surface area contributed by atoms with E-state index in [1.54, 1.807) is 0 Å². The van der Waals surface area contributed by atoms with E-state index in [-0.39, 0.29) is 11.1 Å². The fourth-order valence-electron chi connectivity index (χ4n) is 2.96. The molecule has 0 radical (unpaired) electrons. The van der Waals surface area contributed by atoms with Crippen LogP contribution in [-0.2, 0) is 0 Å². The molecule has 118 valence electrons. The zero-order valence-corrected chi connectivity index (χ0v) is 13.5. The molecule has 2 heterocycles. The predicted molar refractivity (Wildman–Crippen MR) is 91.7 cm³/mol. The largest absolute Gasteiger partial charge is 0.369 e. The number of H-pyrrole nitrogens is 1. The summed E-state index contributed by atoms with van der Waals surface area (Å²) in [5.41, 5.74) is 3.35. The first-order valence-corrected chi connectivity index (χ1v) is 7.76. The zero-order valence-electron chi connectivity index (χ0n) is 13.5. The Bertz CT molecular complexity index is 811. The van der Waals surface area contributed by atoms with Gasteiger partial charge in [0.1, 0.15) is 11.6 Å². The average Bonchev–Trinajstić information content (AvgIpc) is 2.55. The molecule has 1 aromatic carbocycles. The number of hydrogen-bond donors (Lipinski definition) is 1. The third-order valence-electron chi connectivity index (χ3n) is 4.31. The third-order valence-corrected chi connectivity index (χ3v) is 4.31. The number of rotatable bonds is 2.